The van der Waals surface area contributed by atoms with Crippen LogP contribution in [0, 0.1) is 0 Å². The minimum Gasteiger partial charge on any atom is -0.462 e. The Morgan fingerprint density at radius 2 is 2.56 bits per heavy atom. The van der Waals surface area contributed by atoms with Crippen LogP contribution in [0.25, 0.3) is 0 Å². The molecule has 0 aromatic carbocycles. The summed E-state index contributed by atoms with van der Waals surface area (Å²) in [6, 6.07) is 1.72. The molecule has 2 rings (SSSR count). The molecule has 1 aliphatic rings. The van der Waals surface area contributed by atoms with Gasteiger partial charge in [-0.2, -0.15) is 0 Å². The summed E-state index contributed by atoms with van der Waals surface area (Å²) in [5, 5.41) is 3.23. The third-order valence-electron chi connectivity index (χ3n) is 2.71. The normalized spacial score (nSPS) is 18.6. The molecule has 1 aromatic heterocycles. The lowest BCUT2D eigenvalue weighted by Crippen LogP contribution is -2.21. The highest BCUT2D eigenvalue weighted by atomic mass is 16.5. The van der Waals surface area contributed by atoms with Gasteiger partial charge in [0.15, 0.2) is 0 Å². The molecule has 98 valence electrons. The average molecular weight is 251 g/mol. The van der Waals surface area contributed by atoms with Crippen LogP contribution in [-0.4, -0.2) is 36.8 Å². The maximum atomic E-state index is 11.8. The molecule has 0 saturated carbocycles. The van der Waals surface area contributed by atoms with Crippen molar-refractivity contribution in [1.82, 2.24) is 4.98 Å². The van der Waals surface area contributed by atoms with Gasteiger partial charge in [0.25, 0.3) is 0 Å². The van der Waals surface area contributed by atoms with Crippen molar-refractivity contribution in [3.63, 3.8) is 0 Å². The molecule has 1 aromatic rings. The summed E-state index contributed by atoms with van der Waals surface area (Å²) < 4.78 is 10.3. The van der Waals surface area contributed by atoms with E-state index in [0.29, 0.717) is 30.3 Å². The first-order valence-electron chi connectivity index (χ1n) is 5.97. The number of nitrogen functional groups attached to an aromatic ring is 1. The lowest BCUT2D eigenvalue weighted by Gasteiger charge is -2.15. The van der Waals surface area contributed by atoms with Crippen molar-refractivity contribution in [1.29, 1.82) is 0 Å². The Hall–Kier alpha value is -1.82. The molecule has 0 spiro atoms. The van der Waals surface area contributed by atoms with E-state index in [9.17, 15) is 4.79 Å². The molecule has 0 aliphatic carbocycles. The number of ether oxygens (including phenoxy) is 2. The Kier molecular flexibility index (Phi) is 3.99. The molecule has 2 heterocycles. The third-order valence-corrected chi connectivity index (χ3v) is 2.71. The van der Waals surface area contributed by atoms with Gasteiger partial charge in [0, 0.05) is 6.61 Å². The molecule has 1 fully saturated rings. The maximum Gasteiger partial charge on any atom is 0.340 e. The first-order chi connectivity index (χ1) is 8.70. The van der Waals surface area contributed by atoms with Crippen LogP contribution in [0.4, 0.5) is 11.5 Å². The van der Waals surface area contributed by atoms with Crippen LogP contribution in [0.3, 0.4) is 0 Å². The number of aromatic nitrogens is 1. The van der Waals surface area contributed by atoms with Gasteiger partial charge >= 0.3 is 5.97 Å². The summed E-state index contributed by atoms with van der Waals surface area (Å²) in [7, 11) is 0. The second-order valence-corrected chi connectivity index (χ2v) is 4.08. The van der Waals surface area contributed by atoms with E-state index in [-0.39, 0.29) is 6.04 Å². The second-order valence-electron chi connectivity index (χ2n) is 4.08. The molecular formula is C12H17N3O3. The fraction of sp³-hybridized carbons (Fsp3) is 0.500. The lowest BCUT2D eigenvalue weighted by atomic mass is 10.2. The molecule has 1 atom stereocenters. The first-order valence-corrected chi connectivity index (χ1v) is 5.97. The molecular weight excluding hydrogens is 234 g/mol. The zero-order valence-corrected chi connectivity index (χ0v) is 10.3. The van der Waals surface area contributed by atoms with Crippen LogP contribution in [0.5, 0.6) is 0 Å². The number of hydrogen-bond acceptors (Lipinski definition) is 6. The van der Waals surface area contributed by atoms with Crippen molar-refractivity contribution in [2.75, 3.05) is 30.9 Å². The van der Waals surface area contributed by atoms with Gasteiger partial charge < -0.3 is 20.5 Å². The number of hydrogen-bond donors (Lipinski definition) is 2. The smallest absolute Gasteiger partial charge is 0.340 e. The van der Waals surface area contributed by atoms with Gasteiger partial charge in [0.1, 0.15) is 5.82 Å². The van der Waals surface area contributed by atoms with E-state index >= 15 is 0 Å². The SMILES string of the molecule is CCOC(=O)c1cc(N)ncc1NC1CCOC1. The Bertz CT molecular complexity index is 431. The standard InChI is InChI=1S/C12H17N3O3/c1-2-18-12(16)9-5-11(13)14-6-10(9)15-8-3-4-17-7-8/h5-6,8,15H,2-4,7H2,1H3,(H2,13,14). The number of rotatable bonds is 4. The zero-order valence-electron chi connectivity index (χ0n) is 10.3. The molecule has 0 bridgehead atoms. The van der Waals surface area contributed by atoms with Gasteiger partial charge in [0.05, 0.1) is 36.7 Å². The Morgan fingerprint density at radius 3 is 3.22 bits per heavy atom. The molecule has 1 saturated heterocycles. The van der Waals surface area contributed by atoms with E-state index in [2.05, 4.69) is 10.3 Å². The van der Waals surface area contributed by atoms with Crippen LogP contribution in [-0.2, 0) is 9.47 Å². The molecule has 0 amide bonds. The highest BCUT2D eigenvalue weighted by Crippen LogP contribution is 2.20. The van der Waals surface area contributed by atoms with E-state index in [1.54, 1.807) is 13.1 Å². The number of nitrogens with zero attached hydrogens (tertiary/aromatic N) is 1. The molecule has 1 unspecified atom stereocenters. The minimum absolute atomic E-state index is 0.198. The molecule has 3 N–H and O–H groups in total. The van der Waals surface area contributed by atoms with Crippen LogP contribution in [0.15, 0.2) is 12.3 Å². The second kappa shape index (κ2) is 5.68. The van der Waals surface area contributed by atoms with Crippen LogP contribution >= 0.6 is 0 Å². The van der Waals surface area contributed by atoms with E-state index < -0.39 is 5.97 Å². The molecule has 18 heavy (non-hydrogen) atoms. The van der Waals surface area contributed by atoms with Gasteiger partial charge in [-0.25, -0.2) is 9.78 Å². The average Bonchev–Trinajstić information content (AvgIpc) is 2.84. The topological polar surface area (TPSA) is 86.5 Å². The number of pyridine rings is 1. The quantitative estimate of drug-likeness (QED) is 0.778. The summed E-state index contributed by atoms with van der Waals surface area (Å²) in [5.74, 6) is -0.0979. The Labute approximate surface area is 105 Å². The van der Waals surface area contributed by atoms with Gasteiger partial charge in [-0.3, -0.25) is 0 Å². The maximum absolute atomic E-state index is 11.8. The first kappa shape index (κ1) is 12.6. The van der Waals surface area contributed by atoms with Crippen molar-refractivity contribution in [2.24, 2.45) is 0 Å². The van der Waals surface area contributed by atoms with Gasteiger partial charge in [-0.1, -0.05) is 0 Å². The van der Waals surface area contributed by atoms with Crippen LogP contribution in [0.2, 0.25) is 0 Å². The van der Waals surface area contributed by atoms with Crippen LogP contribution < -0.4 is 11.1 Å². The summed E-state index contributed by atoms with van der Waals surface area (Å²) in [6.07, 6.45) is 2.46. The number of nitrogens with one attached hydrogen (secondary N) is 1. The van der Waals surface area contributed by atoms with E-state index in [1.807, 2.05) is 0 Å². The van der Waals surface area contributed by atoms with Gasteiger partial charge in [0.2, 0.25) is 0 Å². The molecule has 6 heteroatoms. The number of carbonyl (C=O) groups is 1. The number of carbonyl (C=O) groups excluding carboxylic acids is 1. The molecule has 1 aliphatic heterocycles. The summed E-state index contributed by atoms with van der Waals surface area (Å²) >= 11 is 0. The highest BCUT2D eigenvalue weighted by Gasteiger charge is 2.19. The molecule has 0 radical (unpaired) electrons. The minimum atomic E-state index is -0.395. The predicted octanol–water partition coefficient (Wildman–Crippen LogP) is 1.04. The van der Waals surface area contributed by atoms with Gasteiger partial charge in [-0.05, 0) is 19.4 Å². The van der Waals surface area contributed by atoms with E-state index in [1.165, 1.54) is 6.07 Å². The number of esters is 1. The van der Waals surface area contributed by atoms with Crippen molar-refractivity contribution in [2.45, 2.75) is 19.4 Å². The Morgan fingerprint density at radius 1 is 1.72 bits per heavy atom. The summed E-state index contributed by atoms with van der Waals surface area (Å²) in [5.41, 5.74) is 6.65. The fourth-order valence-electron chi connectivity index (χ4n) is 1.83. The molecule has 6 nitrogen and oxygen atoms in total. The van der Waals surface area contributed by atoms with Crippen molar-refractivity contribution in [3.05, 3.63) is 17.8 Å². The van der Waals surface area contributed by atoms with Crippen LogP contribution in [0.1, 0.15) is 23.7 Å². The third kappa shape index (κ3) is 2.89. The summed E-state index contributed by atoms with van der Waals surface area (Å²) in [6.45, 7) is 3.45. The number of anilines is 2. The largest absolute Gasteiger partial charge is 0.462 e. The van der Waals surface area contributed by atoms with Crippen molar-refractivity contribution in [3.8, 4) is 0 Å². The highest BCUT2D eigenvalue weighted by molar-refractivity contribution is 5.96. The zero-order chi connectivity index (χ0) is 13.0. The van der Waals surface area contributed by atoms with Gasteiger partial charge in [-0.15, -0.1) is 0 Å². The monoisotopic (exact) mass is 251 g/mol. The Balaban J connectivity index is 2.19. The van der Waals surface area contributed by atoms with E-state index in [4.69, 9.17) is 15.2 Å². The predicted molar refractivity (Wildman–Crippen MR) is 67.5 cm³/mol. The van der Waals surface area contributed by atoms with E-state index in [0.717, 1.165) is 13.0 Å². The van der Waals surface area contributed by atoms with Crippen molar-refractivity contribution >= 4 is 17.5 Å². The fourth-order valence-corrected chi connectivity index (χ4v) is 1.83. The summed E-state index contributed by atoms with van der Waals surface area (Å²) in [4.78, 5) is 15.8. The number of nitrogens with two attached hydrogens (primary N) is 1. The lowest BCUT2D eigenvalue weighted by molar-refractivity contribution is 0.0527. The van der Waals surface area contributed by atoms with Crippen molar-refractivity contribution < 1.29 is 14.3 Å².